The molecule has 0 aliphatic heterocycles. The van der Waals surface area contributed by atoms with E-state index in [2.05, 4.69) is 24.0 Å². The van der Waals surface area contributed by atoms with E-state index in [-0.39, 0.29) is 5.78 Å². The van der Waals surface area contributed by atoms with E-state index in [0.717, 1.165) is 39.8 Å². The lowest BCUT2D eigenvalue weighted by Gasteiger charge is -2.04. The predicted molar refractivity (Wildman–Crippen MR) is 121 cm³/mol. The lowest BCUT2D eigenvalue weighted by Crippen LogP contribution is -2.70. The molecule has 4 aromatic rings. The van der Waals surface area contributed by atoms with Gasteiger partial charge in [-0.25, -0.2) is 4.99 Å². The number of benzene rings is 3. The fraction of sp³-hybridized carbons (Fsp3) is 0.120. The third kappa shape index (κ3) is 6.90. The van der Waals surface area contributed by atoms with Crippen LogP contribution in [0.2, 0.25) is 0 Å². The van der Waals surface area contributed by atoms with Gasteiger partial charge >= 0.3 is 7.25 Å². The van der Waals surface area contributed by atoms with Crippen molar-refractivity contribution in [2.75, 3.05) is 0 Å². The third-order valence-electron chi connectivity index (χ3n) is 4.87. The van der Waals surface area contributed by atoms with Crippen molar-refractivity contribution in [3.05, 3.63) is 95.3 Å². The lowest BCUT2D eigenvalue weighted by atomic mass is 10.1. The van der Waals surface area contributed by atoms with Gasteiger partial charge in [0.25, 0.3) is 0 Å². The fourth-order valence-electron chi connectivity index (χ4n) is 3.25. The van der Waals surface area contributed by atoms with E-state index in [9.17, 15) is 22.1 Å². The summed E-state index contributed by atoms with van der Waals surface area (Å²) in [5.74, 6) is 0.870. The van der Waals surface area contributed by atoms with E-state index >= 15 is 0 Å². The minimum Gasteiger partial charge on any atom is -0.456 e. The highest BCUT2D eigenvalue weighted by atomic mass is 19.5. The van der Waals surface area contributed by atoms with Crippen molar-refractivity contribution in [3.8, 4) is 11.3 Å². The summed E-state index contributed by atoms with van der Waals surface area (Å²) in [6.07, 6.45) is 0.961. The number of carbonyl (C=O) groups excluding carboxylic acids is 1. The maximum absolute atomic E-state index is 11.5. The number of hydrogen-bond acceptors (Lipinski definition) is 2. The summed E-state index contributed by atoms with van der Waals surface area (Å²) in [6.45, 7) is 3.72. The van der Waals surface area contributed by atoms with Crippen molar-refractivity contribution >= 4 is 29.7 Å². The SMILES string of the molecule is CCc1ccc2oc(-c3ccccc3)cc(=[NH+]c3ccc(C(C)=O)cc3)c2c1.F[B-](F)(F)F. The molecule has 0 saturated carbocycles. The Bertz CT molecular complexity index is 1310. The first-order chi connectivity index (χ1) is 15.6. The third-order valence-corrected chi connectivity index (χ3v) is 4.87. The van der Waals surface area contributed by atoms with Crippen molar-refractivity contribution in [1.82, 2.24) is 0 Å². The fourth-order valence-corrected chi connectivity index (χ4v) is 3.25. The van der Waals surface area contributed by atoms with Gasteiger partial charge in [-0.1, -0.05) is 43.3 Å². The zero-order chi connectivity index (χ0) is 24.0. The first kappa shape index (κ1) is 24.0. The summed E-state index contributed by atoms with van der Waals surface area (Å²) >= 11 is 0. The number of nitrogens with one attached hydrogen (secondary N) is 1. The highest BCUT2D eigenvalue weighted by molar-refractivity contribution is 6.50. The summed E-state index contributed by atoms with van der Waals surface area (Å²) in [5.41, 5.74) is 4.75. The second-order valence-corrected chi connectivity index (χ2v) is 7.33. The number of halogens is 4. The molecule has 4 rings (SSSR count). The number of carbonyl (C=O) groups is 1. The Morgan fingerprint density at radius 2 is 1.55 bits per heavy atom. The average molecular weight is 455 g/mol. The smallest absolute Gasteiger partial charge is 0.456 e. The van der Waals surface area contributed by atoms with Crippen LogP contribution >= 0.6 is 0 Å². The number of aryl methyl sites for hydroxylation is 1. The van der Waals surface area contributed by atoms with Crippen LogP contribution in [0.25, 0.3) is 22.3 Å². The summed E-state index contributed by atoms with van der Waals surface area (Å²) < 4.78 is 45.2. The first-order valence-corrected chi connectivity index (χ1v) is 10.3. The Kier molecular flexibility index (Phi) is 7.48. The second-order valence-electron chi connectivity index (χ2n) is 7.33. The Morgan fingerprint density at radius 1 is 0.909 bits per heavy atom. The highest BCUT2D eigenvalue weighted by Crippen LogP contribution is 2.22. The highest BCUT2D eigenvalue weighted by Gasteiger charge is 2.20. The molecular formula is C25H22BF4NO2. The van der Waals surface area contributed by atoms with E-state index in [1.165, 1.54) is 5.56 Å². The molecule has 0 aliphatic carbocycles. The van der Waals surface area contributed by atoms with Crippen molar-refractivity contribution in [2.45, 2.75) is 20.3 Å². The molecule has 33 heavy (non-hydrogen) atoms. The van der Waals surface area contributed by atoms with Gasteiger partial charge in [-0.05, 0) is 43.2 Å². The summed E-state index contributed by atoms with van der Waals surface area (Å²) in [7, 11) is -6.00. The van der Waals surface area contributed by atoms with E-state index < -0.39 is 7.25 Å². The van der Waals surface area contributed by atoms with Gasteiger partial charge < -0.3 is 21.7 Å². The zero-order valence-electron chi connectivity index (χ0n) is 18.1. The predicted octanol–water partition coefficient (Wildman–Crippen LogP) is 5.48. The number of hydrogen-bond donors (Lipinski definition) is 1. The first-order valence-electron chi connectivity index (χ1n) is 10.3. The number of ketones is 1. The monoisotopic (exact) mass is 455 g/mol. The summed E-state index contributed by atoms with van der Waals surface area (Å²) in [4.78, 5) is 15.0. The minimum atomic E-state index is -6.00. The van der Waals surface area contributed by atoms with Gasteiger partial charge in [-0.2, -0.15) is 0 Å². The van der Waals surface area contributed by atoms with Gasteiger partial charge in [-0.3, -0.25) is 4.79 Å². The van der Waals surface area contributed by atoms with Crippen molar-refractivity contribution < 1.29 is 31.5 Å². The van der Waals surface area contributed by atoms with Crippen LogP contribution in [0, 0.1) is 0 Å². The molecule has 0 fully saturated rings. The van der Waals surface area contributed by atoms with Gasteiger partial charge in [0.05, 0.1) is 11.5 Å². The quantitative estimate of drug-likeness (QED) is 0.252. The molecule has 3 nitrogen and oxygen atoms in total. The molecule has 1 heterocycles. The van der Waals surface area contributed by atoms with Crippen LogP contribution in [-0.2, 0) is 6.42 Å². The molecule has 0 atom stereocenters. The van der Waals surface area contributed by atoms with Crippen LogP contribution in [0.5, 0.6) is 0 Å². The van der Waals surface area contributed by atoms with Crippen LogP contribution in [0.1, 0.15) is 29.8 Å². The minimum absolute atomic E-state index is 0.0643. The van der Waals surface area contributed by atoms with Gasteiger partial charge in [0, 0.05) is 23.3 Å². The maximum Gasteiger partial charge on any atom is 0.673 e. The Hall–Kier alpha value is -3.68. The van der Waals surface area contributed by atoms with Crippen molar-refractivity contribution in [2.24, 2.45) is 0 Å². The van der Waals surface area contributed by atoms with Crippen LogP contribution < -0.4 is 10.3 Å². The molecule has 170 valence electrons. The molecule has 0 amide bonds. The molecule has 0 aliphatic rings. The van der Waals surface area contributed by atoms with E-state index in [1.54, 1.807) is 6.92 Å². The number of rotatable bonds is 4. The molecule has 1 N–H and O–H groups in total. The topological polar surface area (TPSA) is 44.2 Å². The van der Waals surface area contributed by atoms with E-state index in [0.29, 0.717) is 5.56 Å². The second kappa shape index (κ2) is 10.3. The van der Waals surface area contributed by atoms with E-state index in [1.807, 2.05) is 66.7 Å². The van der Waals surface area contributed by atoms with Gasteiger partial charge in [0.2, 0.25) is 11.0 Å². The van der Waals surface area contributed by atoms with Gasteiger partial charge in [-0.15, -0.1) is 0 Å². The summed E-state index contributed by atoms with van der Waals surface area (Å²) in [5, 5.41) is 2.01. The molecule has 3 aromatic carbocycles. The molecule has 0 unspecified atom stereocenters. The largest absolute Gasteiger partial charge is 0.673 e. The van der Waals surface area contributed by atoms with Gasteiger partial charge in [0.15, 0.2) is 5.78 Å². The summed E-state index contributed by atoms with van der Waals surface area (Å²) in [6, 6.07) is 26.0. The van der Waals surface area contributed by atoms with Crippen molar-refractivity contribution in [3.63, 3.8) is 0 Å². The molecule has 0 saturated heterocycles. The molecule has 0 spiro atoms. The Morgan fingerprint density at radius 3 is 2.12 bits per heavy atom. The maximum atomic E-state index is 11.5. The Labute approximate surface area is 188 Å². The standard InChI is InChI=1S/C25H21NO2.BF4/c1-3-18-9-14-24-22(15-18)23(16-25(28-24)20-7-5-4-6-8-20)26-21-12-10-19(11-13-21)17(2)27;2-1(3,4)5/h4-16H,3H2,1-2H3;/q;-1/p+1. The zero-order valence-corrected chi connectivity index (χ0v) is 18.1. The lowest BCUT2D eigenvalue weighted by molar-refractivity contribution is -0.400. The van der Waals surface area contributed by atoms with Crippen LogP contribution in [-0.4, -0.2) is 13.0 Å². The molecule has 0 radical (unpaired) electrons. The van der Waals surface area contributed by atoms with Crippen molar-refractivity contribution in [1.29, 1.82) is 0 Å². The number of Topliss-reactive ketones (excluding diaryl/α,β-unsaturated/α-hetero) is 1. The van der Waals surface area contributed by atoms with Crippen LogP contribution in [0.15, 0.2) is 83.3 Å². The van der Waals surface area contributed by atoms with Gasteiger partial charge in [0.1, 0.15) is 11.3 Å². The van der Waals surface area contributed by atoms with Crippen LogP contribution in [0.3, 0.4) is 0 Å². The molecule has 8 heteroatoms. The number of fused-ring (bicyclic) bond motifs is 1. The van der Waals surface area contributed by atoms with Crippen LogP contribution in [0.4, 0.5) is 23.0 Å². The van der Waals surface area contributed by atoms with E-state index in [4.69, 9.17) is 4.42 Å². The Balaban J connectivity index is 0.000000555. The molecule has 1 aromatic heterocycles. The molecular weight excluding hydrogens is 433 g/mol. The normalized spacial score (nSPS) is 11.8. The molecule has 0 bridgehead atoms. The average Bonchev–Trinajstić information content (AvgIpc) is 2.78.